The molecule has 0 radical (unpaired) electrons. The van der Waals surface area contributed by atoms with Crippen molar-refractivity contribution in [3.05, 3.63) is 0 Å². The summed E-state index contributed by atoms with van der Waals surface area (Å²) in [6.07, 6.45) is -110. The van der Waals surface area contributed by atoms with Crippen molar-refractivity contribution in [1.82, 2.24) is 26.6 Å². The number of hydrogen-bond donors (Lipinski definition) is 35. The monoisotopic (exact) mass is 2060 g/mol. The van der Waals surface area contributed by atoms with Gasteiger partial charge in [-0.1, -0.05) is 0 Å². The van der Waals surface area contributed by atoms with Crippen molar-refractivity contribution < 1.29 is 281 Å². The molecule has 0 saturated carbocycles. The van der Waals surface area contributed by atoms with E-state index in [0.29, 0.717) is 0 Å². The van der Waals surface area contributed by atoms with E-state index in [1.54, 1.807) is 0 Å². The van der Waals surface area contributed by atoms with Crippen LogP contribution in [-0.4, -0.2) is 591 Å². The molecule has 11 aliphatic rings. The van der Waals surface area contributed by atoms with E-state index in [1.807, 2.05) is 0 Å². The fourth-order valence-electron chi connectivity index (χ4n) is 18.4. The Morgan fingerprint density at radius 3 is 1.09 bits per heavy atom. The van der Waals surface area contributed by atoms with Gasteiger partial charge in [0.25, 0.3) is 5.79 Å². The first-order chi connectivity index (χ1) is 66.5. The summed E-state index contributed by atoms with van der Waals surface area (Å²) in [5.74, 6) is -10.8. The van der Waals surface area contributed by atoms with E-state index < -0.39 is 444 Å². The molecule has 11 aliphatic heterocycles. The lowest BCUT2D eigenvalue weighted by atomic mass is 9.90. The molecule has 0 aliphatic carbocycles. The third kappa shape index (κ3) is 25.6. The van der Waals surface area contributed by atoms with Crippen LogP contribution in [0.25, 0.3) is 0 Å². The Hall–Kier alpha value is -5.18. The number of rotatable bonds is 37. The van der Waals surface area contributed by atoms with Gasteiger partial charge in [0, 0.05) is 41.0 Å². The highest BCUT2D eigenvalue weighted by atomic mass is 16.8. The van der Waals surface area contributed by atoms with Crippen LogP contribution in [0.5, 0.6) is 0 Å². The van der Waals surface area contributed by atoms with Crippen LogP contribution in [0.2, 0.25) is 0 Å². The fraction of sp³-hybridized carbons (Fsp3) is 0.924. The molecule has 0 aromatic heterocycles. The van der Waals surface area contributed by atoms with E-state index in [9.17, 15) is 182 Å². The molecule has 0 unspecified atom stereocenters. The van der Waals surface area contributed by atoms with Gasteiger partial charge < -0.3 is 279 Å². The average molecular weight is 2060 g/mol. The second-order valence-corrected chi connectivity index (χ2v) is 35.9. The number of aliphatic hydroxyl groups is 29. The van der Waals surface area contributed by atoms with Crippen LogP contribution in [0.4, 0.5) is 0 Å². The summed E-state index contributed by atoms with van der Waals surface area (Å²) >= 11 is 0. The number of hydrogen-bond acceptors (Lipinski definition) is 56. The topological polar surface area (TPSA) is 963 Å². The lowest BCUT2D eigenvalue weighted by Gasteiger charge is -2.52. The lowest BCUT2D eigenvalue weighted by molar-refractivity contribution is -0.407. The van der Waals surface area contributed by atoms with Crippen molar-refractivity contribution in [1.29, 1.82) is 0 Å². The molecular formula is C79H131N5O57. The van der Waals surface area contributed by atoms with Gasteiger partial charge in [-0.3, -0.25) is 24.0 Å². The van der Waals surface area contributed by atoms with Crippen LogP contribution in [-0.2, 0) is 128 Å². The first-order valence-corrected chi connectivity index (χ1v) is 45.0. The summed E-state index contributed by atoms with van der Waals surface area (Å²) < 4.78 is 127. The predicted molar refractivity (Wildman–Crippen MR) is 435 cm³/mol. The fourth-order valence-corrected chi connectivity index (χ4v) is 18.4. The molecule has 0 bridgehead atoms. The molecule has 56 atom stereocenters. The molecule has 11 rings (SSSR count). The van der Waals surface area contributed by atoms with Gasteiger partial charge in [0.2, 0.25) is 29.5 Å². The van der Waals surface area contributed by atoms with Crippen LogP contribution in [0, 0.1) is 0 Å². The number of carbonyl (C=O) groups excluding carboxylic acids is 5. The van der Waals surface area contributed by atoms with E-state index in [1.165, 1.54) is 13.8 Å². The van der Waals surface area contributed by atoms with Crippen LogP contribution < -0.4 is 26.6 Å². The van der Waals surface area contributed by atoms with Gasteiger partial charge >= 0.3 is 5.97 Å². The van der Waals surface area contributed by atoms with Gasteiger partial charge in [-0.15, -0.1) is 0 Å². The maximum atomic E-state index is 13.8. The molecule has 814 valence electrons. The van der Waals surface area contributed by atoms with Crippen molar-refractivity contribution in [3.63, 3.8) is 0 Å². The second kappa shape index (κ2) is 50.0. The van der Waals surface area contributed by atoms with E-state index in [-0.39, 0.29) is 0 Å². The molecule has 11 saturated heterocycles. The van der Waals surface area contributed by atoms with Crippen molar-refractivity contribution in [2.75, 3.05) is 59.5 Å². The summed E-state index contributed by atoms with van der Waals surface area (Å²) in [6, 6.07) is -9.81. The van der Waals surface area contributed by atoms with Gasteiger partial charge in [-0.05, 0) is 13.8 Å². The average Bonchev–Trinajstić information content (AvgIpc) is 0.820. The number of nitrogens with one attached hydrogen (secondary N) is 5. The van der Waals surface area contributed by atoms with Crippen molar-refractivity contribution in [2.45, 2.75) is 398 Å². The highest BCUT2D eigenvalue weighted by molar-refractivity contribution is 5.76. The largest absolute Gasteiger partial charge is 0.477 e. The zero-order valence-corrected chi connectivity index (χ0v) is 76.3. The van der Waals surface area contributed by atoms with E-state index in [0.717, 1.165) is 34.6 Å². The maximum absolute atomic E-state index is 13.8. The number of aliphatic hydroxyl groups excluding tert-OH is 29. The van der Waals surface area contributed by atoms with Gasteiger partial charge in [0.15, 0.2) is 62.9 Å². The smallest absolute Gasteiger partial charge is 0.364 e. The van der Waals surface area contributed by atoms with Gasteiger partial charge in [0.05, 0.1) is 77.8 Å². The summed E-state index contributed by atoms with van der Waals surface area (Å²) in [6.45, 7) is -3.96. The van der Waals surface area contributed by atoms with Crippen molar-refractivity contribution in [2.24, 2.45) is 0 Å². The normalized spacial score (nSPS) is 48.3. The minimum Gasteiger partial charge on any atom is -0.477 e. The Labute approximate surface area is 798 Å². The summed E-state index contributed by atoms with van der Waals surface area (Å²) in [7, 11) is 0. The Bertz CT molecular complexity index is 3990. The molecule has 0 spiro atoms. The highest BCUT2D eigenvalue weighted by Crippen LogP contribution is 2.45. The Balaban J connectivity index is 0.913. The van der Waals surface area contributed by atoms with Crippen molar-refractivity contribution >= 4 is 35.5 Å². The first-order valence-electron chi connectivity index (χ1n) is 45.0. The second-order valence-electron chi connectivity index (χ2n) is 35.9. The number of carboxylic acids is 1. The maximum Gasteiger partial charge on any atom is 0.364 e. The SMILES string of the molecule is CC(=O)N[C@@H]1[C@@H](O[C@@H]2O[C@H](CO)[C@H](O[C@@H]3O[C@H](CO)[C@H](O[C@H]4O[C@H](CO)[C@@H](O)[C@H](O)[C@H]4NC(C)=O)[C@H](O)[C@H]3O)[C@H](O[C@]3(C(=O)O)C[C@H](O)[C@@H](O)[C@H]([C@H](O)[C@H](O)CO)O3)[C@H]2O)[C@@H](O)[C@@H](CO[C@@H]2O[C@H](CO)[C@@H](O[C@@H]3O[C@@H](C)[C@@H](O)[C@@H](O)[C@@H]3O)[C@H](O[C@@H]3O[C@H](CO)[C@@H](O[C@@H]4O[C@H](CO)[C@H](O[C@H]5O[C@H](CO)[C@@H](O)[C@H](O)[C@H]5NC(C)=O)[C@H](O)[C@H]4O[C@@H]4O[C@@H](C)[C@@H](O)[C@@H](O)[C@@H]4O)[C@H](O)[C@H]3NC(C)=O)[C@H]2NC(C)=O)O[C@H]1O. The zero-order chi connectivity index (χ0) is 104. The molecule has 11 fully saturated rings. The molecule has 0 aromatic rings. The number of amides is 5. The minimum atomic E-state index is -3.58. The van der Waals surface area contributed by atoms with Gasteiger partial charge in [0.1, 0.15) is 256 Å². The van der Waals surface area contributed by atoms with Gasteiger partial charge in [-0.2, -0.15) is 0 Å². The van der Waals surface area contributed by atoms with E-state index in [4.69, 9.17) is 99.5 Å². The third-order valence-corrected chi connectivity index (χ3v) is 25.9. The number of carbonyl (C=O) groups is 6. The quantitative estimate of drug-likeness (QED) is 0.0275. The van der Waals surface area contributed by atoms with Crippen molar-refractivity contribution in [3.8, 4) is 0 Å². The highest BCUT2D eigenvalue weighted by Gasteiger charge is 2.66. The Morgan fingerprint density at radius 2 is 0.645 bits per heavy atom. The molecule has 5 amide bonds. The number of aliphatic carboxylic acids is 1. The Morgan fingerprint density at radius 1 is 0.305 bits per heavy atom. The van der Waals surface area contributed by atoms with Crippen LogP contribution >= 0.6 is 0 Å². The van der Waals surface area contributed by atoms with Crippen LogP contribution in [0.3, 0.4) is 0 Å². The standard InChI is InChI=1S/C79H131N5O57/c1-18-40(100)50(110)53(113)73(122-18)135-61-32(15-91)127-69(39(84-24(7)97)64(61)138-72-37(82-22(5)95)49(109)58(29(12-88)128-72)134-77-67(139-74-54(114)51(111)41(101)19(2)123-74)56(116)60(31(14-90)131-77)133-71-36(81-21(4)94)48(108)45(105)28(11-87)126-71)121-17-34-46(106)63(38(68(118)124-34)83-23(6)96)137-76-57(117)66(141-79(78(119)120)8-25(98)42(102)65(140-79)43(103)26(99)9-85)62(33(16-92)130-76)136-75-55(115)52(112)59(30(13-89)129-75)132-70-35(80-20(3)93)47(107)44(104)27(10-86)125-70/h18-19,25-77,85-92,98-118H,8-17H2,1-7H3,(H,80,93)(H,81,94)(H,82,95)(H,83,96)(H,84,97)(H,119,120)/t18-,19-,25-,26+,27+,28+,29+,30+,31+,32+,33+,34+,35+,36+,37+,38+,39+,40+,41+,42+,43+,44+,45+,46-,47+,48+,49+,50+,51+,52+,53-,54-,55+,56-,57+,58+,59-,60-,61+,62-,63+,64+,65+,66+,67+,68+,69+,70+,71+,72-,73-,74-,75-,76-,77-,79-/m0/s1. The first kappa shape index (κ1) is 116. The van der Waals surface area contributed by atoms with Crippen LogP contribution in [0.15, 0.2) is 0 Å². The lowest BCUT2D eigenvalue weighted by Crippen LogP contribution is -2.72. The van der Waals surface area contributed by atoms with Crippen LogP contribution in [0.1, 0.15) is 54.9 Å². The molecule has 62 heteroatoms. The minimum absolute atomic E-state index is 0.846. The summed E-state index contributed by atoms with van der Waals surface area (Å²) in [4.78, 5) is 79.3. The predicted octanol–water partition coefficient (Wildman–Crippen LogP) is -23.0. The zero-order valence-electron chi connectivity index (χ0n) is 76.3. The molecule has 11 heterocycles. The number of carboxylic acid groups (broad SMARTS) is 1. The van der Waals surface area contributed by atoms with E-state index >= 15 is 0 Å². The molecule has 0 aromatic carbocycles. The molecule has 141 heavy (non-hydrogen) atoms. The molecule has 35 N–H and O–H groups in total. The molecular weight excluding hydrogens is 1930 g/mol. The van der Waals surface area contributed by atoms with Gasteiger partial charge in [-0.25, -0.2) is 4.79 Å². The number of ether oxygens (including phenoxy) is 21. The summed E-state index contributed by atoms with van der Waals surface area (Å²) in [5, 5.41) is 350. The van der Waals surface area contributed by atoms with E-state index in [2.05, 4.69) is 26.6 Å². The molecule has 62 nitrogen and oxygen atoms in total. The third-order valence-electron chi connectivity index (χ3n) is 25.9. The summed E-state index contributed by atoms with van der Waals surface area (Å²) in [5.41, 5.74) is 0. The Kier molecular flexibility index (Phi) is 41.1.